The third kappa shape index (κ3) is 2.71. The molecule has 0 aromatic carbocycles. The molecule has 0 aliphatic carbocycles. The van der Waals surface area contributed by atoms with Crippen LogP contribution in [0.15, 0.2) is 27.6 Å². The van der Waals surface area contributed by atoms with E-state index in [4.69, 9.17) is 4.52 Å². The van der Waals surface area contributed by atoms with Crippen molar-refractivity contribution in [3.63, 3.8) is 0 Å². The van der Waals surface area contributed by atoms with E-state index in [1.165, 1.54) is 18.3 Å². The van der Waals surface area contributed by atoms with Crippen molar-refractivity contribution in [3.05, 3.63) is 34.6 Å². The van der Waals surface area contributed by atoms with E-state index in [9.17, 15) is 13.6 Å². The number of rotatable bonds is 3. The van der Waals surface area contributed by atoms with Crippen LogP contribution >= 0.6 is 0 Å². The van der Waals surface area contributed by atoms with Crippen molar-refractivity contribution in [1.82, 2.24) is 20.4 Å². The van der Waals surface area contributed by atoms with Gasteiger partial charge in [0.2, 0.25) is 11.4 Å². The lowest BCUT2D eigenvalue weighted by Crippen LogP contribution is -2.36. The summed E-state index contributed by atoms with van der Waals surface area (Å²) in [4.78, 5) is 17.2. The van der Waals surface area contributed by atoms with Crippen LogP contribution in [0.25, 0.3) is 11.4 Å². The van der Waals surface area contributed by atoms with E-state index in [2.05, 4.69) is 20.4 Å². The number of piperidine rings is 1. The maximum absolute atomic E-state index is 14.4. The minimum Gasteiger partial charge on any atom is -0.332 e. The lowest BCUT2D eigenvalue weighted by molar-refractivity contribution is -0.0993. The lowest BCUT2D eigenvalue weighted by atomic mass is 9.91. The van der Waals surface area contributed by atoms with E-state index in [0.717, 1.165) is 0 Å². The van der Waals surface area contributed by atoms with Crippen molar-refractivity contribution in [1.29, 1.82) is 0 Å². The summed E-state index contributed by atoms with van der Waals surface area (Å²) in [7, 11) is 0. The summed E-state index contributed by atoms with van der Waals surface area (Å²) in [5.74, 6) is -4.58. The Morgan fingerprint density at radius 1 is 1.29 bits per heavy atom. The minimum absolute atomic E-state index is 0.0369. The number of pyridine rings is 1. The number of halogens is 2. The first kappa shape index (κ1) is 13.9. The van der Waals surface area contributed by atoms with Gasteiger partial charge in [-0.1, -0.05) is 5.16 Å². The predicted molar refractivity (Wildman–Crippen MR) is 69.8 cm³/mol. The van der Waals surface area contributed by atoms with Crippen molar-refractivity contribution in [2.75, 3.05) is 13.1 Å². The van der Waals surface area contributed by atoms with E-state index in [0.29, 0.717) is 31.5 Å². The van der Waals surface area contributed by atoms with Crippen LogP contribution in [0.3, 0.4) is 0 Å². The zero-order valence-corrected chi connectivity index (χ0v) is 11.1. The summed E-state index contributed by atoms with van der Waals surface area (Å²) in [5.41, 5.74) is 0.133. The molecule has 8 heteroatoms. The number of H-pyrrole nitrogens is 1. The van der Waals surface area contributed by atoms with E-state index < -0.39 is 17.7 Å². The van der Waals surface area contributed by atoms with Gasteiger partial charge in [0.25, 0.3) is 5.89 Å². The van der Waals surface area contributed by atoms with Crippen LogP contribution in [0.2, 0.25) is 0 Å². The Morgan fingerprint density at radius 2 is 2.05 bits per heavy atom. The highest BCUT2D eigenvalue weighted by Gasteiger charge is 2.46. The normalized spacial score (nSPS) is 17.0. The fourth-order valence-electron chi connectivity index (χ4n) is 2.38. The third-order valence-corrected chi connectivity index (χ3v) is 3.61. The molecular formula is C13H14F2N4O2. The van der Waals surface area contributed by atoms with Gasteiger partial charge in [0.05, 0.1) is 0 Å². The Kier molecular flexibility index (Phi) is 3.54. The highest BCUT2D eigenvalue weighted by molar-refractivity contribution is 5.51. The molecule has 1 saturated heterocycles. The smallest absolute Gasteiger partial charge is 0.327 e. The van der Waals surface area contributed by atoms with Gasteiger partial charge in [-0.2, -0.15) is 13.8 Å². The first-order valence-electron chi connectivity index (χ1n) is 6.69. The van der Waals surface area contributed by atoms with Gasteiger partial charge in [0.15, 0.2) is 0 Å². The van der Waals surface area contributed by atoms with Crippen molar-refractivity contribution in [2.45, 2.75) is 18.8 Å². The van der Waals surface area contributed by atoms with E-state index in [-0.39, 0.29) is 11.4 Å². The second-order valence-electron chi connectivity index (χ2n) is 5.01. The average Bonchev–Trinajstić information content (AvgIpc) is 2.99. The molecule has 0 bridgehead atoms. The van der Waals surface area contributed by atoms with Crippen molar-refractivity contribution < 1.29 is 13.3 Å². The SMILES string of the molecule is O=c1ccc(-c2noc(C(F)(F)C3CCNCC3)n2)c[nH]1. The maximum atomic E-state index is 14.4. The van der Waals surface area contributed by atoms with Crippen LogP contribution < -0.4 is 10.9 Å². The number of nitrogens with zero attached hydrogens (tertiary/aromatic N) is 2. The molecule has 0 atom stereocenters. The molecule has 6 nitrogen and oxygen atoms in total. The Hall–Kier alpha value is -2.09. The zero-order chi connectivity index (χ0) is 14.9. The standard InChI is InChI=1S/C13H14F2N4O2/c14-13(15,9-3-5-16-6-4-9)12-18-11(19-21-12)8-1-2-10(20)17-7-8/h1-2,7,9,16H,3-6H2,(H,17,20). The first-order chi connectivity index (χ1) is 10.1. The van der Waals surface area contributed by atoms with E-state index in [1.54, 1.807) is 0 Å². The lowest BCUT2D eigenvalue weighted by Gasteiger charge is -2.27. The molecule has 0 saturated carbocycles. The van der Waals surface area contributed by atoms with Gasteiger partial charge >= 0.3 is 5.92 Å². The summed E-state index contributed by atoms with van der Waals surface area (Å²) in [6.45, 7) is 1.11. The van der Waals surface area contributed by atoms with E-state index in [1.807, 2.05) is 0 Å². The molecule has 1 aliphatic rings. The van der Waals surface area contributed by atoms with Crippen LogP contribution in [-0.4, -0.2) is 28.2 Å². The number of hydrogen-bond donors (Lipinski definition) is 2. The average molecular weight is 296 g/mol. The summed E-state index contributed by atoms with van der Waals surface area (Å²) in [5, 5.41) is 6.61. The summed E-state index contributed by atoms with van der Waals surface area (Å²) >= 11 is 0. The van der Waals surface area contributed by atoms with Crippen LogP contribution in [-0.2, 0) is 5.92 Å². The van der Waals surface area contributed by atoms with Gasteiger partial charge in [0.1, 0.15) is 0 Å². The third-order valence-electron chi connectivity index (χ3n) is 3.61. The molecule has 0 spiro atoms. The number of nitrogens with one attached hydrogen (secondary N) is 2. The second-order valence-corrected chi connectivity index (χ2v) is 5.01. The Bertz CT molecular complexity index is 656. The summed E-state index contributed by atoms with van der Waals surface area (Å²) in [6.07, 6.45) is 2.09. The molecule has 2 aromatic heterocycles. The quantitative estimate of drug-likeness (QED) is 0.897. The molecule has 21 heavy (non-hydrogen) atoms. The number of aromatic amines is 1. The zero-order valence-electron chi connectivity index (χ0n) is 11.1. The van der Waals surface area contributed by atoms with Crippen LogP contribution in [0, 0.1) is 5.92 Å². The topological polar surface area (TPSA) is 83.8 Å². The van der Waals surface area contributed by atoms with Gasteiger partial charge in [-0.25, -0.2) is 0 Å². The van der Waals surface area contributed by atoms with Crippen LogP contribution in [0.1, 0.15) is 18.7 Å². The van der Waals surface area contributed by atoms with Crippen molar-refractivity contribution >= 4 is 0 Å². The summed E-state index contributed by atoms with van der Waals surface area (Å²) < 4.78 is 33.4. The fraction of sp³-hybridized carbons (Fsp3) is 0.462. The van der Waals surface area contributed by atoms with Gasteiger partial charge in [0, 0.05) is 23.7 Å². The molecule has 0 amide bonds. The molecule has 0 unspecified atom stereocenters. The van der Waals surface area contributed by atoms with Crippen molar-refractivity contribution in [3.8, 4) is 11.4 Å². The molecule has 3 rings (SSSR count). The number of aromatic nitrogens is 3. The molecule has 3 heterocycles. The maximum Gasteiger partial charge on any atom is 0.327 e. The number of alkyl halides is 2. The predicted octanol–water partition coefficient (Wildman–Crippen LogP) is 1.52. The fourth-order valence-corrected chi connectivity index (χ4v) is 2.38. The van der Waals surface area contributed by atoms with Gasteiger partial charge < -0.3 is 14.8 Å². The monoisotopic (exact) mass is 296 g/mol. The van der Waals surface area contributed by atoms with Gasteiger partial charge in [-0.05, 0) is 32.0 Å². The number of hydrogen-bond acceptors (Lipinski definition) is 5. The molecule has 1 aliphatic heterocycles. The Labute approximate surface area is 118 Å². The summed E-state index contributed by atoms with van der Waals surface area (Å²) in [6, 6.07) is 2.73. The van der Waals surface area contributed by atoms with E-state index >= 15 is 0 Å². The van der Waals surface area contributed by atoms with Crippen molar-refractivity contribution in [2.24, 2.45) is 5.92 Å². The van der Waals surface area contributed by atoms with Gasteiger partial charge in [-0.15, -0.1) is 0 Å². The first-order valence-corrected chi connectivity index (χ1v) is 6.69. The molecule has 2 N–H and O–H groups in total. The largest absolute Gasteiger partial charge is 0.332 e. The van der Waals surface area contributed by atoms with Crippen LogP contribution in [0.4, 0.5) is 8.78 Å². The van der Waals surface area contributed by atoms with Crippen LogP contribution in [0.5, 0.6) is 0 Å². The molecule has 1 fully saturated rings. The molecular weight excluding hydrogens is 282 g/mol. The molecule has 112 valence electrons. The van der Waals surface area contributed by atoms with Gasteiger partial charge in [-0.3, -0.25) is 4.79 Å². The highest BCUT2D eigenvalue weighted by Crippen LogP contribution is 2.40. The minimum atomic E-state index is -3.14. The second kappa shape index (κ2) is 5.36. The Morgan fingerprint density at radius 3 is 2.71 bits per heavy atom. The molecule has 2 aromatic rings. The highest BCUT2D eigenvalue weighted by atomic mass is 19.3. The Balaban J connectivity index is 1.86. The molecule has 0 radical (unpaired) electrons.